The lowest BCUT2D eigenvalue weighted by atomic mass is 10.2. The normalized spacial score (nSPS) is 11.2. The smallest absolute Gasteiger partial charge is 0.218 e. The van der Waals surface area contributed by atoms with Gasteiger partial charge in [0, 0.05) is 36.6 Å². The highest BCUT2D eigenvalue weighted by Gasteiger charge is 2.09. The van der Waals surface area contributed by atoms with Gasteiger partial charge in [-0.25, -0.2) is 18.6 Å². The molecule has 0 saturated heterocycles. The Morgan fingerprint density at radius 2 is 1.45 bits per heavy atom. The molecule has 20 heavy (non-hydrogen) atoms. The number of hydrogen-bond acceptors (Lipinski definition) is 4. The molecule has 104 valence electrons. The molecule has 0 aliphatic heterocycles. The van der Waals surface area contributed by atoms with Gasteiger partial charge < -0.3 is 0 Å². The summed E-state index contributed by atoms with van der Waals surface area (Å²) in [5.41, 5.74) is 3.78. The molecule has 0 unspecified atom stereocenters. The number of nitrogens with zero attached hydrogens (tertiary/aromatic N) is 1. The zero-order valence-electron chi connectivity index (χ0n) is 10.7. The minimum absolute atomic E-state index is 1.24. The molecule has 6 heteroatoms. The van der Waals surface area contributed by atoms with E-state index in [-0.39, 0.29) is 0 Å². The van der Waals surface area contributed by atoms with Crippen LogP contribution in [0.4, 0.5) is 0 Å². The second kappa shape index (κ2) is 5.70. The maximum Gasteiger partial charge on any atom is 0.218 e. The van der Waals surface area contributed by atoms with E-state index in [1.165, 1.54) is 22.1 Å². The first kappa shape index (κ1) is 14.6. The van der Waals surface area contributed by atoms with Gasteiger partial charge in [-0.1, -0.05) is 12.1 Å². The standard InChI is InChI=1S/C14H12N.ClHO4/c1-11-5-4-7-13-10-9-12-6-2-3-8-14(12)15(11)13;2-1(3,4)5/h2-10H,1H3;(H,2,3,4,5)/q+1;/p-1. The van der Waals surface area contributed by atoms with E-state index >= 15 is 0 Å². The van der Waals surface area contributed by atoms with Gasteiger partial charge in [-0.15, -0.1) is 10.2 Å². The van der Waals surface area contributed by atoms with Crippen molar-refractivity contribution in [2.75, 3.05) is 0 Å². The highest BCUT2D eigenvalue weighted by molar-refractivity contribution is 5.77. The summed E-state index contributed by atoms with van der Waals surface area (Å²) in [7, 11) is -4.94. The van der Waals surface area contributed by atoms with Crippen molar-refractivity contribution >= 4 is 16.4 Å². The molecule has 5 nitrogen and oxygen atoms in total. The van der Waals surface area contributed by atoms with Gasteiger partial charge in [0.1, 0.15) is 0 Å². The number of fused-ring (bicyclic) bond motifs is 3. The van der Waals surface area contributed by atoms with Crippen LogP contribution in [0.5, 0.6) is 0 Å². The summed E-state index contributed by atoms with van der Waals surface area (Å²) in [6.07, 6.45) is 0. The van der Waals surface area contributed by atoms with Gasteiger partial charge in [-0.2, -0.15) is 4.40 Å². The van der Waals surface area contributed by atoms with Crippen molar-refractivity contribution in [1.82, 2.24) is 0 Å². The third-order valence-electron chi connectivity index (χ3n) is 2.83. The Bertz CT molecular complexity index is 734. The van der Waals surface area contributed by atoms with Crippen molar-refractivity contribution in [3.63, 3.8) is 0 Å². The lowest BCUT2D eigenvalue weighted by Crippen LogP contribution is -2.68. The molecular weight excluding hydrogens is 282 g/mol. The molecule has 0 fully saturated rings. The van der Waals surface area contributed by atoms with E-state index in [0.717, 1.165) is 0 Å². The van der Waals surface area contributed by atoms with Crippen LogP contribution in [0.3, 0.4) is 0 Å². The zero-order chi connectivity index (χ0) is 14.8. The highest BCUT2D eigenvalue weighted by atomic mass is 35.7. The van der Waals surface area contributed by atoms with Gasteiger partial charge in [-0.3, -0.25) is 0 Å². The van der Waals surface area contributed by atoms with Gasteiger partial charge in [0.15, 0.2) is 5.69 Å². The van der Waals surface area contributed by atoms with E-state index in [4.69, 9.17) is 18.6 Å². The minimum Gasteiger partial charge on any atom is -0.222 e. The van der Waals surface area contributed by atoms with Crippen molar-refractivity contribution < 1.29 is 33.3 Å². The highest BCUT2D eigenvalue weighted by Crippen LogP contribution is 2.11. The van der Waals surface area contributed by atoms with Crippen LogP contribution in [0.1, 0.15) is 5.69 Å². The maximum atomic E-state index is 8.49. The first-order valence-electron chi connectivity index (χ1n) is 5.77. The monoisotopic (exact) mass is 293 g/mol. The van der Waals surface area contributed by atoms with Crippen molar-refractivity contribution in [3.8, 4) is 0 Å². The summed E-state index contributed by atoms with van der Waals surface area (Å²) in [6, 6.07) is 19.2. The van der Waals surface area contributed by atoms with E-state index in [0.29, 0.717) is 0 Å². The molecular formula is C14H12ClNO4. The molecule has 0 aliphatic carbocycles. The number of para-hydroxylation sites is 1. The second-order valence-electron chi connectivity index (χ2n) is 4.20. The van der Waals surface area contributed by atoms with Crippen LogP contribution >= 0.6 is 0 Å². The van der Waals surface area contributed by atoms with Crippen molar-refractivity contribution in [3.05, 3.63) is 60.3 Å². The quantitative estimate of drug-likeness (QED) is 0.358. The van der Waals surface area contributed by atoms with Crippen molar-refractivity contribution in [1.29, 1.82) is 0 Å². The Balaban J connectivity index is 0.000000257. The molecule has 0 amide bonds. The lowest BCUT2D eigenvalue weighted by Gasteiger charge is -2.17. The number of aromatic nitrogens is 1. The van der Waals surface area contributed by atoms with Crippen LogP contribution in [-0.4, -0.2) is 0 Å². The summed E-state index contributed by atoms with van der Waals surface area (Å²) in [5.74, 6) is 0. The number of pyridine rings is 2. The number of benzene rings is 1. The number of hydrogen-bond donors (Lipinski definition) is 0. The molecule has 3 rings (SSSR count). The van der Waals surface area contributed by atoms with Crippen LogP contribution in [0.25, 0.3) is 16.4 Å². The average Bonchev–Trinajstić information content (AvgIpc) is 2.36. The molecule has 0 radical (unpaired) electrons. The maximum absolute atomic E-state index is 8.49. The molecule has 0 aliphatic rings. The molecule has 0 saturated carbocycles. The molecule has 3 aromatic rings. The molecule has 1 aromatic carbocycles. The fourth-order valence-electron chi connectivity index (χ4n) is 2.11. The lowest BCUT2D eigenvalue weighted by molar-refractivity contribution is -2.00. The molecule has 2 aromatic heterocycles. The number of aryl methyl sites for hydroxylation is 1. The number of rotatable bonds is 0. The first-order valence-corrected chi connectivity index (χ1v) is 7.00. The van der Waals surface area contributed by atoms with Crippen LogP contribution in [-0.2, 0) is 0 Å². The average molecular weight is 294 g/mol. The van der Waals surface area contributed by atoms with E-state index < -0.39 is 10.2 Å². The number of halogens is 1. The predicted octanol–water partition coefficient (Wildman–Crippen LogP) is -1.87. The molecule has 0 bridgehead atoms. The topological polar surface area (TPSA) is 96.3 Å². The summed E-state index contributed by atoms with van der Waals surface area (Å²) < 4.78 is 36.3. The Morgan fingerprint density at radius 1 is 0.800 bits per heavy atom. The summed E-state index contributed by atoms with van der Waals surface area (Å²) in [4.78, 5) is 0. The molecule has 0 spiro atoms. The third-order valence-corrected chi connectivity index (χ3v) is 2.83. The van der Waals surface area contributed by atoms with Crippen LogP contribution in [0, 0.1) is 17.2 Å². The Kier molecular flexibility index (Phi) is 4.17. The summed E-state index contributed by atoms with van der Waals surface area (Å²) >= 11 is 0. The SMILES string of the molecule is Cc1cccc2ccc3ccccc3[n+]12.[O-][Cl+3]([O-])([O-])[O-]. The molecule has 2 heterocycles. The van der Waals surface area contributed by atoms with Gasteiger partial charge in [0.2, 0.25) is 11.0 Å². The van der Waals surface area contributed by atoms with E-state index in [1.54, 1.807) is 0 Å². The molecule has 0 atom stereocenters. The van der Waals surface area contributed by atoms with Crippen molar-refractivity contribution in [2.24, 2.45) is 0 Å². The first-order chi connectivity index (χ1) is 9.36. The Hall–Kier alpha value is -1.76. The summed E-state index contributed by atoms with van der Waals surface area (Å²) in [5, 5.41) is 1.28. The van der Waals surface area contributed by atoms with Gasteiger partial charge in [0.05, 0.1) is 0 Å². The summed E-state index contributed by atoms with van der Waals surface area (Å²) in [6.45, 7) is 2.14. The predicted molar refractivity (Wildman–Crippen MR) is 61.8 cm³/mol. The molecule has 0 N–H and O–H groups in total. The van der Waals surface area contributed by atoms with Gasteiger partial charge >= 0.3 is 0 Å². The fraction of sp³-hybridized carbons (Fsp3) is 0.0714. The van der Waals surface area contributed by atoms with Gasteiger partial charge in [0.25, 0.3) is 0 Å². The fourth-order valence-corrected chi connectivity index (χ4v) is 2.11. The van der Waals surface area contributed by atoms with E-state index in [2.05, 4.69) is 65.9 Å². The third kappa shape index (κ3) is 3.63. The minimum atomic E-state index is -4.94. The van der Waals surface area contributed by atoms with Crippen LogP contribution in [0.15, 0.2) is 54.6 Å². The van der Waals surface area contributed by atoms with Crippen LogP contribution < -0.4 is 23.0 Å². The largest absolute Gasteiger partial charge is 0.222 e. The zero-order valence-corrected chi connectivity index (χ0v) is 11.4. The van der Waals surface area contributed by atoms with E-state index in [1.807, 2.05) is 0 Å². The van der Waals surface area contributed by atoms with Gasteiger partial charge in [-0.05, 0) is 18.2 Å². The van der Waals surface area contributed by atoms with E-state index in [9.17, 15) is 0 Å². The Labute approximate surface area is 117 Å². The second-order valence-corrected chi connectivity index (χ2v) is 4.95. The van der Waals surface area contributed by atoms with Crippen LogP contribution in [0.2, 0.25) is 0 Å². The Morgan fingerprint density at radius 3 is 2.15 bits per heavy atom. The van der Waals surface area contributed by atoms with Crippen molar-refractivity contribution in [2.45, 2.75) is 6.92 Å².